The molecule has 1 heterocycles. The van der Waals surface area contributed by atoms with Crippen molar-refractivity contribution in [2.75, 3.05) is 11.9 Å². The van der Waals surface area contributed by atoms with Crippen LogP contribution in [-0.4, -0.2) is 18.1 Å². The maximum absolute atomic E-state index is 10.6. The van der Waals surface area contributed by atoms with E-state index in [1.165, 1.54) is 4.88 Å². The van der Waals surface area contributed by atoms with Crippen LogP contribution in [0.4, 0.5) is 5.69 Å². The third-order valence-corrected chi connectivity index (χ3v) is 5.21. The van der Waals surface area contributed by atoms with E-state index in [1.54, 1.807) is 17.4 Å². The highest BCUT2D eigenvalue weighted by Gasteiger charge is 2.06. The summed E-state index contributed by atoms with van der Waals surface area (Å²) in [7, 11) is 2.03. The van der Waals surface area contributed by atoms with Crippen LogP contribution in [-0.2, 0) is 11.3 Å². The summed E-state index contributed by atoms with van der Waals surface area (Å²) in [4.78, 5) is 14.0. The fraction of sp³-hybridized carbons (Fsp3) is 0.133. The van der Waals surface area contributed by atoms with Gasteiger partial charge >= 0.3 is 5.97 Å². The fourth-order valence-corrected chi connectivity index (χ4v) is 3.81. The monoisotopic (exact) mass is 429 g/mol. The van der Waals surface area contributed by atoms with E-state index in [4.69, 9.17) is 5.11 Å². The van der Waals surface area contributed by atoms with Crippen LogP contribution in [0.15, 0.2) is 44.7 Å². The number of carbonyl (C=O) groups is 1. The van der Waals surface area contributed by atoms with Crippen molar-refractivity contribution >= 4 is 60.9 Å². The van der Waals surface area contributed by atoms with Crippen LogP contribution in [0.5, 0.6) is 0 Å². The summed E-state index contributed by atoms with van der Waals surface area (Å²) in [5.41, 5.74) is 1.91. The Labute approximate surface area is 144 Å². The maximum Gasteiger partial charge on any atom is 0.328 e. The lowest BCUT2D eigenvalue weighted by Gasteiger charge is -2.19. The lowest BCUT2D eigenvalue weighted by molar-refractivity contribution is -0.131. The quantitative estimate of drug-likeness (QED) is 0.678. The average molecular weight is 431 g/mol. The van der Waals surface area contributed by atoms with Crippen LogP contribution < -0.4 is 4.90 Å². The van der Waals surface area contributed by atoms with E-state index in [9.17, 15) is 4.79 Å². The summed E-state index contributed by atoms with van der Waals surface area (Å²) in [6.07, 6.45) is 2.71. The van der Waals surface area contributed by atoms with Gasteiger partial charge in [0.15, 0.2) is 0 Å². The van der Waals surface area contributed by atoms with Crippen LogP contribution in [0.3, 0.4) is 0 Å². The van der Waals surface area contributed by atoms with Gasteiger partial charge in [-0.25, -0.2) is 4.79 Å². The van der Waals surface area contributed by atoms with Crippen molar-refractivity contribution in [1.82, 2.24) is 0 Å². The molecule has 0 saturated heterocycles. The number of carboxylic acid groups (broad SMARTS) is 1. The fourth-order valence-electron chi connectivity index (χ4n) is 1.81. The van der Waals surface area contributed by atoms with Crippen LogP contribution in [0, 0.1) is 0 Å². The van der Waals surface area contributed by atoms with Gasteiger partial charge in [-0.15, -0.1) is 11.3 Å². The van der Waals surface area contributed by atoms with Gasteiger partial charge in [0.05, 0.1) is 6.54 Å². The molecule has 0 amide bonds. The van der Waals surface area contributed by atoms with E-state index in [0.29, 0.717) is 0 Å². The van der Waals surface area contributed by atoms with Crippen molar-refractivity contribution in [2.24, 2.45) is 0 Å². The Morgan fingerprint density at radius 1 is 1.38 bits per heavy atom. The Bertz CT molecular complexity index is 682. The molecule has 0 aliphatic heterocycles. The topological polar surface area (TPSA) is 40.5 Å². The smallest absolute Gasteiger partial charge is 0.328 e. The van der Waals surface area contributed by atoms with Crippen molar-refractivity contribution in [2.45, 2.75) is 6.54 Å². The lowest BCUT2D eigenvalue weighted by Crippen LogP contribution is -2.15. The SMILES string of the molecule is CN(Cc1cc(Br)cs1)c1ccc(/C=C/C(=O)O)c(Br)c1. The number of benzene rings is 1. The number of thiophene rings is 1. The summed E-state index contributed by atoms with van der Waals surface area (Å²) < 4.78 is 1.97. The van der Waals surface area contributed by atoms with Gasteiger partial charge in [-0.2, -0.15) is 0 Å². The van der Waals surface area contributed by atoms with Crippen molar-refractivity contribution in [3.05, 3.63) is 55.1 Å². The Balaban J connectivity index is 2.13. The third kappa shape index (κ3) is 4.69. The molecule has 1 N–H and O–H groups in total. The van der Waals surface area contributed by atoms with Crippen LogP contribution >= 0.6 is 43.2 Å². The number of rotatable bonds is 5. The van der Waals surface area contributed by atoms with E-state index < -0.39 is 5.97 Å². The summed E-state index contributed by atoms with van der Waals surface area (Å²) in [5, 5.41) is 10.7. The number of aliphatic carboxylic acids is 1. The second-order valence-corrected chi connectivity index (χ2v) is 7.23. The van der Waals surface area contributed by atoms with Crippen LogP contribution in [0.25, 0.3) is 6.08 Å². The minimum atomic E-state index is -0.952. The molecule has 1 aromatic heterocycles. The molecule has 0 fully saturated rings. The molecule has 0 aliphatic rings. The average Bonchev–Trinajstić information content (AvgIpc) is 2.82. The van der Waals surface area contributed by atoms with Crippen molar-refractivity contribution < 1.29 is 9.90 Å². The van der Waals surface area contributed by atoms with Crippen molar-refractivity contribution in [3.63, 3.8) is 0 Å². The number of nitrogens with zero attached hydrogens (tertiary/aromatic N) is 1. The molecular formula is C15H13Br2NO2S. The second kappa shape index (κ2) is 7.24. The summed E-state index contributed by atoms with van der Waals surface area (Å²) in [6.45, 7) is 0.826. The van der Waals surface area contributed by atoms with Gasteiger partial charge < -0.3 is 10.0 Å². The molecule has 0 atom stereocenters. The largest absolute Gasteiger partial charge is 0.478 e. The van der Waals surface area contributed by atoms with Gasteiger partial charge in [0.25, 0.3) is 0 Å². The Morgan fingerprint density at radius 3 is 2.71 bits per heavy atom. The highest BCUT2D eigenvalue weighted by molar-refractivity contribution is 9.10. The van der Waals surface area contributed by atoms with Gasteiger partial charge in [0.1, 0.15) is 0 Å². The van der Waals surface area contributed by atoms with E-state index in [2.05, 4.69) is 48.2 Å². The predicted molar refractivity (Wildman–Crippen MR) is 94.9 cm³/mol. The molecule has 3 nitrogen and oxygen atoms in total. The van der Waals surface area contributed by atoms with Crippen molar-refractivity contribution in [3.8, 4) is 0 Å². The van der Waals surface area contributed by atoms with E-state index in [0.717, 1.165) is 32.8 Å². The number of carboxylic acids is 1. The summed E-state index contributed by atoms with van der Waals surface area (Å²) >= 11 is 8.65. The third-order valence-electron chi connectivity index (χ3n) is 2.85. The van der Waals surface area contributed by atoms with Crippen LogP contribution in [0.1, 0.15) is 10.4 Å². The molecule has 0 saturated carbocycles. The Morgan fingerprint density at radius 2 is 2.14 bits per heavy atom. The van der Waals surface area contributed by atoms with Gasteiger partial charge in [0, 0.05) is 38.0 Å². The zero-order chi connectivity index (χ0) is 15.4. The van der Waals surface area contributed by atoms with Gasteiger partial charge in [0.2, 0.25) is 0 Å². The molecule has 1 aromatic carbocycles. The molecule has 2 rings (SSSR count). The standard InChI is InChI=1S/C15H13Br2NO2S/c1-18(8-13-6-11(16)9-21-13)12-4-2-10(14(17)7-12)3-5-15(19)20/h2-7,9H,8H2,1H3,(H,19,20)/b5-3+. The van der Waals surface area contributed by atoms with E-state index >= 15 is 0 Å². The van der Waals surface area contributed by atoms with E-state index in [1.807, 2.05) is 25.2 Å². The summed E-state index contributed by atoms with van der Waals surface area (Å²) in [5.74, 6) is -0.952. The molecular weight excluding hydrogens is 418 g/mol. The first-order valence-corrected chi connectivity index (χ1v) is 8.57. The molecule has 0 radical (unpaired) electrons. The molecule has 0 unspecified atom stereocenters. The van der Waals surface area contributed by atoms with Gasteiger partial charge in [-0.1, -0.05) is 22.0 Å². The molecule has 0 spiro atoms. The first-order valence-electron chi connectivity index (χ1n) is 6.10. The number of halogens is 2. The normalized spacial score (nSPS) is 11.0. The number of anilines is 1. The van der Waals surface area contributed by atoms with Crippen LogP contribution in [0.2, 0.25) is 0 Å². The predicted octanol–water partition coefficient (Wildman–Crippen LogP) is 5.01. The van der Waals surface area contributed by atoms with Gasteiger partial charge in [-0.05, 0) is 45.8 Å². The highest BCUT2D eigenvalue weighted by atomic mass is 79.9. The molecule has 6 heteroatoms. The minimum Gasteiger partial charge on any atom is -0.478 e. The lowest BCUT2D eigenvalue weighted by atomic mass is 10.2. The van der Waals surface area contributed by atoms with Crippen molar-refractivity contribution in [1.29, 1.82) is 0 Å². The van der Waals surface area contributed by atoms with E-state index in [-0.39, 0.29) is 0 Å². The molecule has 21 heavy (non-hydrogen) atoms. The first-order chi connectivity index (χ1) is 9.95. The highest BCUT2D eigenvalue weighted by Crippen LogP contribution is 2.27. The molecule has 2 aromatic rings. The number of hydrogen-bond acceptors (Lipinski definition) is 3. The molecule has 0 aliphatic carbocycles. The maximum atomic E-state index is 10.6. The molecule has 110 valence electrons. The zero-order valence-electron chi connectivity index (χ0n) is 11.2. The second-order valence-electron chi connectivity index (χ2n) is 4.46. The number of hydrogen-bond donors (Lipinski definition) is 1. The summed E-state index contributed by atoms with van der Waals surface area (Å²) in [6, 6.07) is 7.99. The van der Waals surface area contributed by atoms with Gasteiger partial charge in [-0.3, -0.25) is 0 Å². The zero-order valence-corrected chi connectivity index (χ0v) is 15.2. The Kier molecular flexibility index (Phi) is 5.61. The minimum absolute atomic E-state index is 0.826. The Hall–Kier alpha value is -1.11. The first kappa shape index (κ1) is 16.3. The molecule has 0 bridgehead atoms.